The highest BCUT2D eigenvalue weighted by Crippen LogP contribution is 2.19. The fourth-order valence-corrected chi connectivity index (χ4v) is 2.48. The van der Waals surface area contributed by atoms with E-state index in [1.54, 1.807) is 6.07 Å². The minimum Gasteiger partial charge on any atom is -0.472 e. The fourth-order valence-electron chi connectivity index (χ4n) is 2.48. The number of nitrogens with one attached hydrogen (secondary N) is 1. The molecule has 0 saturated carbocycles. The summed E-state index contributed by atoms with van der Waals surface area (Å²) in [5.74, 6) is -0.100. The molecule has 0 aliphatic rings. The normalized spacial score (nSPS) is 12.3. The standard InChI is InChI=1S/C17H22N2O2/c1-3-19(4-2)16(14-8-6-5-7-9-14)12-18-17(20)15-10-11-21-13-15/h5-11,13,16H,3-4,12H2,1-2H3,(H,18,20)/t16-/m0/s1. The number of nitrogens with zero attached hydrogens (tertiary/aromatic N) is 1. The molecule has 1 N–H and O–H groups in total. The molecule has 21 heavy (non-hydrogen) atoms. The van der Waals surface area contributed by atoms with Gasteiger partial charge in [0, 0.05) is 6.54 Å². The minimum atomic E-state index is -0.100. The zero-order valence-corrected chi connectivity index (χ0v) is 12.6. The number of benzene rings is 1. The third-order valence-corrected chi connectivity index (χ3v) is 3.68. The van der Waals surface area contributed by atoms with Crippen molar-refractivity contribution in [2.75, 3.05) is 19.6 Å². The van der Waals surface area contributed by atoms with Gasteiger partial charge in [-0.05, 0) is 24.7 Å². The molecule has 112 valence electrons. The first-order valence-corrected chi connectivity index (χ1v) is 7.35. The highest BCUT2D eigenvalue weighted by Gasteiger charge is 2.19. The van der Waals surface area contributed by atoms with Crippen LogP contribution in [0.5, 0.6) is 0 Å². The summed E-state index contributed by atoms with van der Waals surface area (Å²) in [5.41, 5.74) is 1.77. The van der Waals surface area contributed by atoms with Gasteiger partial charge in [0.15, 0.2) is 0 Å². The summed E-state index contributed by atoms with van der Waals surface area (Å²) in [5, 5.41) is 2.99. The summed E-state index contributed by atoms with van der Waals surface area (Å²) in [6.07, 6.45) is 2.97. The van der Waals surface area contributed by atoms with Gasteiger partial charge >= 0.3 is 0 Å². The van der Waals surface area contributed by atoms with Crippen molar-refractivity contribution in [3.05, 3.63) is 60.1 Å². The van der Waals surface area contributed by atoms with Gasteiger partial charge in [0.1, 0.15) is 6.26 Å². The van der Waals surface area contributed by atoms with Crippen LogP contribution in [0.25, 0.3) is 0 Å². The first-order chi connectivity index (χ1) is 10.3. The first kappa shape index (κ1) is 15.3. The highest BCUT2D eigenvalue weighted by atomic mass is 16.3. The zero-order valence-electron chi connectivity index (χ0n) is 12.6. The van der Waals surface area contributed by atoms with Crippen molar-refractivity contribution in [1.29, 1.82) is 0 Å². The maximum atomic E-state index is 12.1. The molecular weight excluding hydrogens is 264 g/mol. The quantitative estimate of drug-likeness (QED) is 0.850. The number of carbonyl (C=O) groups excluding carboxylic acids is 1. The zero-order chi connectivity index (χ0) is 15.1. The van der Waals surface area contributed by atoms with Crippen molar-refractivity contribution in [2.24, 2.45) is 0 Å². The predicted molar refractivity (Wildman–Crippen MR) is 83.1 cm³/mol. The van der Waals surface area contributed by atoms with E-state index in [0.717, 1.165) is 13.1 Å². The van der Waals surface area contributed by atoms with E-state index in [0.29, 0.717) is 12.1 Å². The van der Waals surface area contributed by atoms with E-state index in [2.05, 4.69) is 36.2 Å². The van der Waals surface area contributed by atoms with Gasteiger partial charge in [-0.15, -0.1) is 0 Å². The summed E-state index contributed by atoms with van der Waals surface area (Å²) in [7, 11) is 0. The fraction of sp³-hybridized carbons (Fsp3) is 0.353. The van der Waals surface area contributed by atoms with Crippen molar-refractivity contribution in [1.82, 2.24) is 10.2 Å². The van der Waals surface area contributed by atoms with Crippen molar-refractivity contribution >= 4 is 5.91 Å². The molecular formula is C17H22N2O2. The number of amides is 1. The van der Waals surface area contributed by atoms with Crippen LogP contribution in [0, 0.1) is 0 Å². The number of furan rings is 1. The van der Waals surface area contributed by atoms with Crippen LogP contribution >= 0.6 is 0 Å². The number of hydrogen-bond donors (Lipinski definition) is 1. The topological polar surface area (TPSA) is 45.5 Å². The summed E-state index contributed by atoms with van der Waals surface area (Å²) in [4.78, 5) is 14.4. The Morgan fingerprint density at radius 1 is 1.19 bits per heavy atom. The molecule has 0 fully saturated rings. The lowest BCUT2D eigenvalue weighted by Gasteiger charge is -2.30. The second-order valence-corrected chi connectivity index (χ2v) is 4.87. The summed E-state index contributed by atoms with van der Waals surface area (Å²) >= 11 is 0. The lowest BCUT2D eigenvalue weighted by molar-refractivity contribution is 0.0934. The monoisotopic (exact) mass is 286 g/mol. The van der Waals surface area contributed by atoms with Gasteiger partial charge in [0.2, 0.25) is 0 Å². The van der Waals surface area contributed by atoms with Crippen LogP contribution in [0.3, 0.4) is 0 Å². The van der Waals surface area contributed by atoms with Gasteiger partial charge in [-0.3, -0.25) is 9.69 Å². The predicted octanol–water partition coefficient (Wildman–Crippen LogP) is 3.09. The van der Waals surface area contributed by atoms with Gasteiger partial charge in [0.05, 0.1) is 17.9 Å². The molecule has 0 spiro atoms. The Labute approximate surface area is 125 Å². The first-order valence-electron chi connectivity index (χ1n) is 7.35. The van der Waals surface area contributed by atoms with Crippen LogP contribution in [-0.2, 0) is 0 Å². The van der Waals surface area contributed by atoms with Gasteiger partial charge < -0.3 is 9.73 Å². The Hall–Kier alpha value is -2.07. The van der Waals surface area contributed by atoms with E-state index in [4.69, 9.17) is 4.42 Å². The lowest BCUT2D eigenvalue weighted by atomic mass is 10.0. The second kappa shape index (κ2) is 7.64. The molecule has 0 unspecified atom stereocenters. The maximum absolute atomic E-state index is 12.1. The van der Waals surface area contributed by atoms with Crippen LogP contribution < -0.4 is 5.32 Å². The Morgan fingerprint density at radius 2 is 1.90 bits per heavy atom. The molecule has 0 saturated heterocycles. The number of hydrogen-bond acceptors (Lipinski definition) is 3. The van der Waals surface area contributed by atoms with E-state index in [1.807, 2.05) is 18.2 Å². The smallest absolute Gasteiger partial charge is 0.254 e. The van der Waals surface area contributed by atoms with Crippen LogP contribution in [0.4, 0.5) is 0 Å². The van der Waals surface area contributed by atoms with Crippen molar-refractivity contribution in [3.63, 3.8) is 0 Å². The number of carbonyl (C=O) groups is 1. The molecule has 1 aromatic heterocycles. The molecule has 4 heteroatoms. The molecule has 1 heterocycles. The van der Waals surface area contributed by atoms with Crippen LogP contribution in [0.1, 0.15) is 35.8 Å². The lowest BCUT2D eigenvalue weighted by Crippen LogP contribution is -2.38. The molecule has 0 aliphatic carbocycles. The summed E-state index contributed by atoms with van der Waals surface area (Å²) < 4.78 is 4.95. The molecule has 0 radical (unpaired) electrons. The molecule has 1 amide bonds. The Morgan fingerprint density at radius 3 is 2.48 bits per heavy atom. The molecule has 1 atom stereocenters. The van der Waals surface area contributed by atoms with Gasteiger partial charge in [-0.1, -0.05) is 44.2 Å². The van der Waals surface area contributed by atoms with E-state index in [-0.39, 0.29) is 11.9 Å². The van der Waals surface area contributed by atoms with Crippen LogP contribution in [0.15, 0.2) is 53.3 Å². The van der Waals surface area contributed by atoms with Gasteiger partial charge in [-0.25, -0.2) is 0 Å². The highest BCUT2D eigenvalue weighted by molar-refractivity contribution is 5.93. The van der Waals surface area contributed by atoms with Crippen molar-refractivity contribution in [2.45, 2.75) is 19.9 Å². The van der Waals surface area contributed by atoms with Gasteiger partial charge in [0.25, 0.3) is 5.91 Å². The average Bonchev–Trinajstić information content (AvgIpc) is 3.06. The van der Waals surface area contributed by atoms with Crippen LogP contribution in [-0.4, -0.2) is 30.4 Å². The number of rotatable bonds is 7. The molecule has 2 rings (SSSR count). The molecule has 4 nitrogen and oxygen atoms in total. The summed E-state index contributed by atoms with van der Waals surface area (Å²) in [6.45, 7) is 6.74. The molecule has 2 aromatic rings. The number of likely N-dealkylation sites (N-methyl/N-ethyl adjacent to an activating group) is 1. The third kappa shape index (κ3) is 3.95. The van der Waals surface area contributed by atoms with Crippen LogP contribution in [0.2, 0.25) is 0 Å². The third-order valence-electron chi connectivity index (χ3n) is 3.68. The Balaban J connectivity index is 2.08. The molecule has 0 aliphatic heterocycles. The van der Waals surface area contributed by atoms with E-state index >= 15 is 0 Å². The van der Waals surface area contributed by atoms with Gasteiger partial charge in [-0.2, -0.15) is 0 Å². The Bertz CT molecular complexity index is 533. The molecule has 0 bridgehead atoms. The minimum absolute atomic E-state index is 0.100. The second-order valence-electron chi connectivity index (χ2n) is 4.87. The van der Waals surface area contributed by atoms with E-state index in [1.165, 1.54) is 18.1 Å². The largest absolute Gasteiger partial charge is 0.472 e. The summed E-state index contributed by atoms with van der Waals surface area (Å²) in [6, 6.07) is 12.1. The SMILES string of the molecule is CCN(CC)[C@@H](CNC(=O)c1ccoc1)c1ccccc1. The van der Waals surface area contributed by atoms with E-state index < -0.39 is 0 Å². The maximum Gasteiger partial charge on any atom is 0.254 e. The average molecular weight is 286 g/mol. The Kier molecular flexibility index (Phi) is 5.58. The molecule has 1 aromatic carbocycles. The van der Waals surface area contributed by atoms with Crippen molar-refractivity contribution < 1.29 is 9.21 Å². The van der Waals surface area contributed by atoms with Crippen molar-refractivity contribution in [3.8, 4) is 0 Å². The van der Waals surface area contributed by atoms with E-state index in [9.17, 15) is 4.79 Å².